The normalized spacial score (nSPS) is 16.3. The summed E-state index contributed by atoms with van der Waals surface area (Å²) in [4.78, 5) is 18.3. The van der Waals surface area contributed by atoms with Crippen LogP contribution in [0.25, 0.3) is 5.82 Å². The van der Waals surface area contributed by atoms with Gasteiger partial charge in [0, 0.05) is 19.3 Å². The van der Waals surface area contributed by atoms with E-state index in [0.717, 1.165) is 25.1 Å². The topological polar surface area (TPSA) is 51.0 Å². The number of carbonyl (C=O) groups is 1. The molecule has 0 radical (unpaired) electrons. The molecule has 3 rings (SSSR count). The second kappa shape index (κ2) is 6.50. The van der Waals surface area contributed by atoms with E-state index in [1.54, 1.807) is 11.8 Å². The van der Waals surface area contributed by atoms with Crippen molar-refractivity contribution in [3.05, 3.63) is 41.3 Å². The standard InChI is InChI=1S/C17H19F3N4O/c1-11-5-7-23(8-6-11)16(25)14-10-22-24(12(14)2)15-4-3-13(9-21-15)17(18,19)20/h3-4,9-11H,5-8H2,1-2H3. The molecule has 8 heteroatoms. The molecule has 0 aliphatic carbocycles. The summed E-state index contributed by atoms with van der Waals surface area (Å²) in [7, 11) is 0. The van der Waals surface area contributed by atoms with Crippen molar-refractivity contribution in [2.45, 2.75) is 32.9 Å². The number of nitrogens with zero attached hydrogens (tertiary/aromatic N) is 4. The van der Waals surface area contributed by atoms with Gasteiger partial charge in [-0.3, -0.25) is 4.79 Å². The SMILES string of the molecule is Cc1c(C(=O)N2CCC(C)CC2)cnn1-c1ccc(C(F)(F)F)cn1. The van der Waals surface area contributed by atoms with Crippen LogP contribution < -0.4 is 0 Å². The lowest BCUT2D eigenvalue weighted by atomic mass is 9.99. The summed E-state index contributed by atoms with van der Waals surface area (Å²) in [6.07, 6.45) is -0.269. The van der Waals surface area contributed by atoms with Gasteiger partial charge < -0.3 is 4.90 Å². The van der Waals surface area contributed by atoms with E-state index in [0.29, 0.717) is 30.3 Å². The van der Waals surface area contributed by atoms with E-state index in [9.17, 15) is 18.0 Å². The van der Waals surface area contributed by atoms with Crippen LogP contribution in [-0.2, 0) is 6.18 Å². The van der Waals surface area contributed by atoms with E-state index in [1.807, 2.05) is 0 Å². The Morgan fingerprint density at radius 3 is 2.44 bits per heavy atom. The van der Waals surface area contributed by atoms with Gasteiger partial charge in [0.15, 0.2) is 5.82 Å². The Bertz CT molecular complexity index is 759. The van der Waals surface area contributed by atoms with Gasteiger partial charge in [-0.1, -0.05) is 6.92 Å². The largest absolute Gasteiger partial charge is 0.417 e. The number of hydrogen-bond acceptors (Lipinski definition) is 3. The van der Waals surface area contributed by atoms with Crippen LogP contribution in [0.1, 0.15) is 41.4 Å². The first kappa shape index (κ1) is 17.4. The Hall–Kier alpha value is -2.38. The molecule has 134 valence electrons. The number of halogens is 3. The van der Waals surface area contributed by atoms with Gasteiger partial charge in [-0.05, 0) is 37.8 Å². The van der Waals surface area contributed by atoms with E-state index in [-0.39, 0.29) is 11.7 Å². The number of alkyl halides is 3. The van der Waals surface area contributed by atoms with Crippen LogP contribution in [0, 0.1) is 12.8 Å². The molecule has 1 amide bonds. The maximum absolute atomic E-state index is 12.7. The van der Waals surface area contributed by atoms with Gasteiger partial charge >= 0.3 is 6.18 Å². The summed E-state index contributed by atoms with van der Waals surface area (Å²) >= 11 is 0. The van der Waals surface area contributed by atoms with Gasteiger partial charge in [0.05, 0.1) is 23.0 Å². The average molecular weight is 352 g/mol. The van der Waals surface area contributed by atoms with Crippen molar-refractivity contribution in [3.8, 4) is 5.82 Å². The lowest BCUT2D eigenvalue weighted by molar-refractivity contribution is -0.137. The fourth-order valence-electron chi connectivity index (χ4n) is 2.91. The number of aromatic nitrogens is 3. The number of likely N-dealkylation sites (tertiary alicyclic amines) is 1. The highest BCUT2D eigenvalue weighted by Crippen LogP contribution is 2.29. The van der Waals surface area contributed by atoms with Crippen LogP contribution in [0.4, 0.5) is 13.2 Å². The van der Waals surface area contributed by atoms with Crippen LogP contribution >= 0.6 is 0 Å². The highest BCUT2D eigenvalue weighted by Gasteiger charge is 2.31. The molecular formula is C17H19F3N4O. The maximum Gasteiger partial charge on any atom is 0.417 e. The summed E-state index contributed by atoms with van der Waals surface area (Å²) in [5.41, 5.74) is 0.201. The van der Waals surface area contributed by atoms with Crippen LogP contribution in [0.2, 0.25) is 0 Å². The molecule has 3 heterocycles. The molecule has 0 bridgehead atoms. The molecule has 2 aromatic heterocycles. The van der Waals surface area contributed by atoms with E-state index in [1.165, 1.54) is 16.9 Å². The molecule has 1 fully saturated rings. The van der Waals surface area contributed by atoms with Crippen LogP contribution in [0.3, 0.4) is 0 Å². The lowest BCUT2D eigenvalue weighted by Gasteiger charge is -2.30. The van der Waals surface area contributed by atoms with Gasteiger partial charge in [0.2, 0.25) is 0 Å². The van der Waals surface area contributed by atoms with Crippen molar-refractivity contribution >= 4 is 5.91 Å². The minimum absolute atomic E-state index is 0.0949. The van der Waals surface area contributed by atoms with Crippen molar-refractivity contribution in [2.24, 2.45) is 5.92 Å². The van der Waals surface area contributed by atoms with Crippen molar-refractivity contribution in [1.29, 1.82) is 0 Å². The Kier molecular flexibility index (Phi) is 4.53. The molecule has 1 saturated heterocycles. The average Bonchev–Trinajstić information content (AvgIpc) is 2.96. The molecule has 2 aromatic rings. The highest BCUT2D eigenvalue weighted by molar-refractivity contribution is 5.95. The number of amides is 1. The third kappa shape index (κ3) is 3.52. The molecule has 25 heavy (non-hydrogen) atoms. The van der Waals surface area contributed by atoms with Gasteiger partial charge in [-0.15, -0.1) is 0 Å². The molecular weight excluding hydrogens is 333 g/mol. The summed E-state index contributed by atoms with van der Waals surface area (Å²) in [6, 6.07) is 2.20. The number of hydrogen-bond donors (Lipinski definition) is 0. The molecule has 0 saturated carbocycles. The van der Waals surface area contributed by atoms with E-state index >= 15 is 0 Å². The summed E-state index contributed by atoms with van der Waals surface area (Å²) in [5, 5.41) is 4.13. The molecule has 0 unspecified atom stereocenters. The molecule has 1 aliphatic heterocycles. The molecule has 0 N–H and O–H groups in total. The number of piperidine rings is 1. The number of carbonyl (C=O) groups excluding carboxylic acids is 1. The van der Waals surface area contributed by atoms with Crippen LogP contribution in [0.15, 0.2) is 24.5 Å². The molecule has 5 nitrogen and oxygen atoms in total. The summed E-state index contributed by atoms with van der Waals surface area (Å²) in [5.74, 6) is 0.767. The third-order valence-corrected chi connectivity index (χ3v) is 4.60. The fraction of sp³-hybridized carbons (Fsp3) is 0.471. The third-order valence-electron chi connectivity index (χ3n) is 4.60. The lowest BCUT2D eigenvalue weighted by Crippen LogP contribution is -2.38. The Balaban J connectivity index is 1.82. The molecule has 0 atom stereocenters. The Labute approximate surface area is 143 Å². The van der Waals surface area contributed by atoms with Crippen molar-refractivity contribution in [2.75, 3.05) is 13.1 Å². The smallest absolute Gasteiger partial charge is 0.339 e. The zero-order chi connectivity index (χ0) is 18.2. The van der Waals surface area contributed by atoms with Crippen LogP contribution in [0.5, 0.6) is 0 Å². The first-order valence-electron chi connectivity index (χ1n) is 8.15. The van der Waals surface area contributed by atoms with E-state index in [4.69, 9.17) is 0 Å². The van der Waals surface area contributed by atoms with E-state index in [2.05, 4.69) is 17.0 Å². The van der Waals surface area contributed by atoms with Gasteiger partial charge in [0.25, 0.3) is 5.91 Å². The Morgan fingerprint density at radius 2 is 1.88 bits per heavy atom. The maximum atomic E-state index is 12.7. The predicted octanol–water partition coefficient (Wildman–Crippen LogP) is 3.47. The van der Waals surface area contributed by atoms with Gasteiger partial charge in [-0.2, -0.15) is 18.3 Å². The second-order valence-electron chi connectivity index (χ2n) is 6.43. The zero-order valence-corrected chi connectivity index (χ0v) is 14.0. The second-order valence-corrected chi connectivity index (χ2v) is 6.43. The van der Waals surface area contributed by atoms with Gasteiger partial charge in [0.1, 0.15) is 0 Å². The van der Waals surface area contributed by atoms with E-state index < -0.39 is 11.7 Å². The highest BCUT2D eigenvalue weighted by atomic mass is 19.4. The zero-order valence-electron chi connectivity index (χ0n) is 14.0. The summed E-state index contributed by atoms with van der Waals surface area (Å²) < 4.78 is 39.3. The number of pyridine rings is 1. The van der Waals surface area contributed by atoms with Crippen molar-refractivity contribution in [1.82, 2.24) is 19.7 Å². The fourth-order valence-corrected chi connectivity index (χ4v) is 2.91. The first-order valence-corrected chi connectivity index (χ1v) is 8.15. The minimum Gasteiger partial charge on any atom is -0.339 e. The molecule has 1 aliphatic rings. The molecule has 0 spiro atoms. The predicted molar refractivity (Wildman–Crippen MR) is 85.4 cm³/mol. The number of rotatable bonds is 2. The quantitative estimate of drug-likeness (QED) is 0.832. The Morgan fingerprint density at radius 1 is 1.20 bits per heavy atom. The van der Waals surface area contributed by atoms with Crippen molar-refractivity contribution < 1.29 is 18.0 Å². The molecule has 0 aromatic carbocycles. The van der Waals surface area contributed by atoms with Crippen LogP contribution in [-0.4, -0.2) is 38.7 Å². The first-order chi connectivity index (χ1) is 11.8. The minimum atomic E-state index is -4.43. The van der Waals surface area contributed by atoms with Crippen molar-refractivity contribution in [3.63, 3.8) is 0 Å². The van der Waals surface area contributed by atoms with Gasteiger partial charge in [-0.25, -0.2) is 9.67 Å². The monoisotopic (exact) mass is 352 g/mol. The summed E-state index contributed by atoms with van der Waals surface area (Å²) in [6.45, 7) is 5.31.